The highest BCUT2D eigenvalue weighted by molar-refractivity contribution is 9.10. The maximum atomic E-state index is 13.2. The van der Waals surface area contributed by atoms with Crippen molar-refractivity contribution in [2.45, 2.75) is 18.7 Å². The number of benzene rings is 1. The molecule has 0 fully saturated rings. The average Bonchev–Trinajstić information content (AvgIpc) is 2.17. The summed E-state index contributed by atoms with van der Waals surface area (Å²) >= 11 is 2.72. The molecule has 1 atom stereocenters. The highest BCUT2D eigenvalue weighted by Crippen LogP contribution is 2.27. The van der Waals surface area contributed by atoms with Gasteiger partial charge in [-0.2, -0.15) is 13.2 Å². The fourth-order valence-electron chi connectivity index (χ4n) is 1.07. The van der Waals surface area contributed by atoms with Crippen LogP contribution >= 0.6 is 15.9 Å². The largest absolute Gasteiger partial charge is 0.414 e. The Labute approximate surface area is 96.0 Å². The third-order valence-corrected chi connectivity index (χ3v) is 2.53. The lowest BCUT2D eigenvalue weighted by Crippen LogP contribution is -2.31. The van der Waals surface area contributed by atoms with Crippen molar-refractivity contribution in [3.63, 3.8) is 0 Å². The second-order valence-electron chi connectivity index (χ2n) is 3.08. The molecule has 0 spiro atoms. The zero-order chi connectivity index (χ0) is 12.5. The van der Waals surface area contributed by atoms with E-state index in [0.717, 1.165) is 12.1 Å². The van der Waals surface area contributed by atoms with Crippen LogP contribution in [0.5, 0.6) is 0 Å². The molecule has 7 heteroatoms. The van der Waals surface area contributed by atoms with E-state index in [1.807, 2.05) is 0 Å². The number of hydrogen-bond donors (Lipinski definition) is 1. The first-order chi connectivity index (χ1) is 7.23. The van der Waals surface area contributed by atoms with Gasteiger partial charge < -0.3 is 5.11 Å². The summed E-state index contributed by atoms with van der Waals surface area (Å²) in [6.07, 6.45) is -8.84. The first-order valence-electron chi connectivity index (χ1n) is 4.10. The molecule has 0 aliphatic heterocycles. The molecule has 90 valence electrons. The summed E-state index contributed by atoms with van der Waals surface area (Å²) in [5.41, 5.74) is -0.792. The number of aliphatic hydroxyl groups excluding tert-OH is 1. The molecule has 1 aromatic rings. The maximum Gasteiger partial charge on any atom is 0.414 e. The lowest BCUT2D eigenvalue weighted by Gasteiger charge is -2.15. The molecule has 0 aromatic heterocycles. The van der Waals surface area contributed by atoms with E-state index in [1.165, 1.54) is 0 Å². The smallest absolute Gasteiger partial charge is 0.383 e. The van der Waals surface area contributed by atoms with Crippen molar-refractivity contribution in [1.82, 2.24) is 0 Å². The van der Waals surface area contributed by atoms with Gasteiger partial charge >= 0.3 is 6.18 Å². The first kappa shape index (κ1) is 13.4. The predicted molar refractivity (Wildman–Crippen MR) is 49.8 cm³/mol. The van der Waals surface area contributed by atoms with E-state index in [9.17, 15) is 22.0 Å². The zero-order valence-electron chi connectivity index (χ0n) is 7.65. The third-order valence-electron chi connectivity index (χ3n) is 1.91. The van der Waals surface area contributed by atoms with Crippen LogP contribution in [-0.2, 0) is 6.42 Å². The Morgan fingerprint density at radius 3 is 2.31 bits per heavy atom. The molecule has 0 saturated heterocycles. The molecule has 1 nitrogen and oxygen atoms in total. The molecule has 1 aromatic carbocycles. The summed E-state index contributed by atoms with van der Waals surface area (Å²) in [4.78, 5) is 0. The highest BCUT2D eigenvalue weighted by atomic mass is 79.9. The summed E-state index contributed by atoms with van der Waals surface area (Å²) in [6, 6.07) is 1.86. The topological polar surface area (TPSA) is 20.2 Å². The van der Waals surface area contributed by atoms with Crippen molar-refractivity contribution < 1.29 is 27.1 Å². The highest BCUT2D eigenvalue weighted by Gasteiger charge is 2.39. The SMILES string of the molecule is O[C@@H](Cc1c(F)ccc(Br)c1F)C(F)(F)F. The molecule has 0 unspecified atom stereocenters. The minimum atomic E-state index is -4.90. The van der Waals surface area contributed by atoms with Gasteiger partial charge in [-0.15, -0.1) is 0 Å². The monoisotopic (exact) mass is 304 g/mol. The molecule has 0 aliphatic carbocycles. The van der Waals surface area contributed by atoms with E-state index in [-0.39, 0.29) is 4.47 Å². The molecule has 0 radical (unpaired) electrons. The fraction of sp³-hybridized carbons (Fsp3) is 0.333. The Morgan fingerprint density at radius 2 is 1.81 bits per heavy atom. The molecular weight excluding hydrogens is 299 g/mol. The Balaban J connectivity index is 3.02. The zero-order valence-corrected chi connectivity index (χ0v) is 9.24. The van der Waals surface area contributed by atoms with E-state index in [0.29, 0.717) is 0 Å². The molecule has 0 saturated carbocycles. The van der Waals surface area contributed by atoms with E-state index in [4.69, 9.17) is 5.11 Å². The van der Waals surface area contributed by atoms with Crippen LogP contribution in [0.15, 0.2) is 16.6 Å². The average molecular weight is 305 g/mol. The number of aliphatic hydroxyl groups is 1. The quantitative estimate of drug-likeness (QED) is 0.657. The van der Waals surface area contributed by atoms with Gasteiger partial charge in [-0.3, -0.25) is 0 Å². The van der Waals surface area contributed by atoms with Crippen LogP contribution in [0.25, 0.3) is 0 Å². The summed E-state index contributed by atoms with van der Waals surface area (Å²) in [7, 11) is 0. The van der Waals surface area contributed by atoms with Crippen molar-refractivity contribution >= 4 is 15.9 Å². The standard InChI is InChI=1S/C9H6BrF5O/c10-5-1-2-6(11)4(8(5)12)3-7(16)9(13,14)15/h1-2,7,16H,3H2/t7-/m0/s1. The van der Waals surface area contributed by atoms with Gasteiger partial charge in [-0.05, 0) is 28.1 Å². The lowest BCUT2D eigenvalue weighted by molar-refractivity contribution is -0.203. The second kappa shape index (κ2) is 4.67. The molecular formula is C9H6BrF5O. The fourth-order valence-corrected chi connectivity index (χ4v) is 1.44. The van der Waals surface area contributed by atoms with Gasteiger partial charge in [0.1, 0.15) is 11.6 Å². The number of rotatable bonds is 2. The van der Waals surface area contributed by atoms with Gasteiger partial charge in [0.2, 0.25) is 0 Å². The van der Waals surface area contributed by atoms with Crippen LogP contribution in [0.1, 0.15) is 5.56 Å². The van der Waals surface area contributed by atoms with E-state index in [1.54, 1.807) is 0 Å². The van der Waals surface area contributed by atoms with Gasteiger partial charge in [-0.25, -0.2) is 8.78 Å². The molecule has 0 heterocycles. The Morgan fingerprint density at radius 1 is 1.25 bits per heavy atom. The first-order valence-corrected chi connectivity index (χ1v) is 4.90. The molecule has 0 aliphatic rings. The summed E-state index contributed by atoms with van der Waals surface area (Å²) < 4.78 is 62.1. The molecule has 16 heavy (non-hydrogen) atoms. The number of halogens is 6. The Kier molecular flexibility index (Phi) is 3.90. The van der Waals surface area contributed by atoms with Crippen LogP contribution in [0, 0.1) is 11.6 Å². The van der Waals surface area contributed by atoms with Crippen LogP contribution < -0.4 is 0 Å². The van der Waals surface area contributed by atoms with Crippen molar-refractivity contribution in [3.8, 4) is 0 Å². The molecule has 0 amide bonds. The van der Waals surface area contributed by atoms with Crippen LogP contribution in [0.2, 0.25) is 0 Å². The summed E-state index contributed by atoms with van der Waals surface area (Å²) in [6.45, 7) is 0. The number of hydrogen-bond acceptors (Lipinski definition) is 1. The van der Waals surface area contributed by atoms with Gasteiger partial charge in [0.25, 0.3) is 0 Å². The minimum absolute atomic E-state index is 0.154. The second-order valence-corrected chi connectivity index (χ2v) is 3.94. The van der Waals surface area contributed by atoms with E-state index >= 15 is 0 Å². The minimum Gasteiger partial charge on any atom is -0.383 e. The van der Waals surface area contributed by atoms with Crippen LogP contribution in [-0.4, -0.2) is 17.4 Å². The summed E-state index contributed by atoms with van der Waals surface area (Å²) in [5, 5.41) is 8.71. The van der Waals surface area contributed by atoms with Crippen LogP contribution in [0.3, 0.4) is 0 Å². The van der Waals surface area contributed by atoms with E-state index < -0.39 is 35.9 Å². The van der Waals surface area contributed by atoms with E-state index in [2.05, 4.69) is 15.9 Å². The van der Waals surface area contributed by atoms with Crippen molar-refractivity contribution in [1.29, 1.82) is 0 Å². The molecule has 1 rings (SSSR count). The Hall–Kier alpha value is -0.690. The Bertz CT molecular complexity index is 390. The van der Waals surface area contributed by atoms with Gasteiger partial charge in [0.15, 0.2) is 6.10 Å². The molecule has 0 bridgehead atoms. The van der Waals surface area contributed by atoms with Gasteiger partial charge in [0.05, 0.1) is 4.47 Å². The molecule has 1 N–H and O–H groups in total. The van der Waals surface area contributed by atoms with Gasteiger partial charge in [0, 0.05) is 12.0 Å². The van der Waals surface area contributed by atoms with Crippen LogP contribution in [0.4, 0.5) is 22.0 Å². The third kappa shape index (κ3) is 2.91. The maximum absolute atomic E-state index is 13.2. The number of alkyl halides is 3. The van der Waals surface area contributed by atoms with Crippen molar-refractivity contribution in [2.75, 3.05) is 0 Å². The predicted octanol–water partition coefficient (Wildman–Crippen LogP) is 3.19. The normalized spacial score (nSPS) is 13.9. The van der Waals surface area contributed by atoms with Crippen molar-refractivity contribution in [3.05, 3.63) is 33.8 Å². The van der Waals surface area contributed by atoms with Crippen molar-refractivity contribution in [2.24, 2.45) is 0 Å². The summed E-state index contributed by atoms with van der Waals surface area (Å²) in [5.74, 6) is -2.26. The van der Waals surface area contributed by atoms with Gasteiger partial charge in [-0.1, -0.05) is 0 Å². The lowest BCUT2D eigenvalue weighted by atomic mass is 10.1.